The minimum atomic E-state index is 0.514. The second-order valence-corrected chi connectivity index (χ2v) is 6.98. The Morgan fingerprint density at radius 2 is 0.636 bits per heavy atom. The molecule has 0 N–H and O–H groups in total. The van der Waals surface area contributed by atoms with E-state index < -0.39 is 0 Å². The molecule has 0 amide bonds. The molecule has 0 heteroatoms. The fraction of sp³-hybridized carbons (Fsp3) is 1.00. The van der Waals surface area contributed by atoms with Crippen LogP contribution in [0, 0.1) is 16.2 Å². The van der Waals surface area contributed by atoms with E-state index in [4.69, 9.17) is 0 Å². The Bertz CT molecular complexity index is 154. The van der Waals surface area contributed by atoms with E-state index in [1.54, 1.807) is 0 Å². The molecular weight excluding hydrogens is 264 g/mol. The van der Waals surface area contributed by atoms with Gasteiger partial charge in [-0.3, -0.25) is 0 Å². The van der Waals surface area contributed by atoms with Crippen molar-refractivity contribution in [3.8, 4) is 0 Å². The lowest BCUT2D eigenvalue weighted by molar-refractivity contribution is -0.156. The predicted molar refractivity (Wildman–Crippen MR) is 112 cm³/mol. The van der Waals surface area contributed by atoms with E-state index in [-0.39, 0.29) is 0 Å². The first-order chi connectivity index (χ1) is 10.0. The highest BCUT2D eigenvalue weighted by molar-refractivity contribution is 5.07. The Morgan fingerprint density at radius 1 is 0.500 bits per heavy atom. The zero-order valence-electron chi connectivity index (χ0n) is 19.6. The van der Waals surface area contributed by atoms with Gasteiger partial charge in [-0.2, -0.15) is 0 Å². The Hall–Kier alpha value is 0. The van der Waals surface area contributed by atoms with Crippen LogP contribution in [0.15, 0.2) is 0 Å². The Balaban J connectivity index is -0.0000000677. The Morgan fingerprint density at radius 3 is 0.636 bits per heavy atom. The monoisotopic (exact) mass is 318 g/mol. The molecular formula is C22H54. The van der Waals surface area contributed by atoms with Crippen molar-refractivity contribution < 1.29 is 0 Å². The van der Waals surface area contributed by atoms with Gasteiger partial charge in [0.2, 0.25) is 0 Å². The van der Waals surface area contributed by atoms with Crippen LogP contribution in [0.4, 0.5) is 0 Å². The Labute approximate surface area is 146 Å². The zero-order valence-corrected chi connectivity index (χ0v) is 19.6. The average Bonchev–Trinajstić information content (AvgIpc) is 2.46. The van der Waals surface area contributed by atoms with E-state index >= 15 is 0 Å². The van der Waals surface area contributed by atoms with E-state index in [0.29, 0.717) is 16.2 Å². The van der Waals surface area contributed by atoms with Crippen molar-refractivity contribution in [2.45, 2.75) is 130 Å². The first-order valence-electron chi connectivity index (χ1n) is 10.0. The number of hydrogen-bond acceptors (Lipinski definition) is 0. The maximum absolute atomic E-state index is 2.39. The zero-order chi connectivity index (χ0) is 19.6. The number of hydrogen-bond donors (Lipinski definition) is 0. The van der Waals surface area contributed by atoms with E-state index in [2.05, 4.69) is 69.2 Å². The molecule has 1 fully saturated rings. The third-order valence-corrected chi connectivity index (χ3v) is 4.27. The minimum Gasteiger partial charge on any atom is -0.0683 e. The first-order valence-corrected chi connectivity index (χ1v) is 10.0. The molecule has 0 spiro atoms. The normalized spacial score (nSPS) is 17.5. The van der Waals surface area contributed by atoms with Crippen LogP contribution in [0.5, 0.6) is 0 Å². The van der Waals surface area contributed by atoms with Gasteiger partial charge in [-0.1, -0.05) is 124 Å². The van der Waals surface area contributed by atoms with Crippen LogP contribution in [0.25, 0.3) is 0 Å². The fourth-order valence-electron chi connectivity index (χ4n) is 2.36. The molecule has 1 saturated carbocycles. The fourth-order valence-corrected chi connectivity index (χ4v) is 2.36. The van der Waals surface area contributed by atoms with Crippen molar-refractivity contribution in [2.75, 3.05) is 0 Å². The molecule has 0 radical (unpaired) electrons. The van der Waals surface area contributed by atoms with Crippen molar-refractivity contribution >= 4 is 0 Å². The van der Waals surface area contributed by atoms with Gasteiger partial charge in [0.05, 0.1) is 0 Å². The van der Waals surface area contributed by atoms with Gasteiger partial charge in [0, 0.05) is 0 Å². The van der Waals surface area contributed by atoms with Crippen LogP contribution in [-0.2, 0) is 0 Å². The molecule has 1 rings (SSSR count). The molecule has 1 aliphatic rings. The minimum absolute atomic E-state index is 0.514. The Kier molecular flexibility index (Phi) is 29.1. The summed E-state index contributed by atoms with van der Waals surface area (Å²) < 4.78 is 0. The van der Waals surface area contributed by atoms with E-state index in [1.165, 1.54) is 19.3 Å². The summed E-state index contributed by atoms with van der Waals surface area (Å²) in [7, 11) is 0. The van der Waals surface area contributed by atoms with E-state index in [9.17, 15) is 0 Å². The lowest BCUT2D eigenvalue weighted by Crippen LogP contribution is -2.57. The third kappa shape index (κ3) is 12.5. The molecule has 0 aromatic heterocycles. The summed E-state index contributed by atoms with van der Waals surface area (Å²) in [5.41, 5.74) is 1.62. The summed E-state index contributed by atoms with van der Waals surface area (Å²) in [4.78, 5) is 0. The van der Waals surface area contributed by atoms with E-state index in [0.717, 1.165) is 0 Å². The summed E-state index contributed by atoms with van der Waals surface area (Å²) in [5, 5.41) is 0. The molecule has 0 bridgehead atoms. The van der Waals surface area contributed by atoms with Crippen LogP contribution >= 0.6 is 0 Å². The van der Waals surface area contributed by atoms with Gasteiger partial charge in [0.25, 0.3) is 0 Å². The highest BCUT2D eigenvalue weighted by Crippen LogP contribution is 2.67. The molecule has 0 nitrogen and oxygen atoms in total. The van der Waals surface area contributed by atoms with Crippen LogP contribution in [0.1, 0.15) is 130 Å². The van der Waals surface area contributed by atoms with Crippen molar-refractivity contribution in [3.05, 3.63) is 0 Å². The second-order valence-electron chi connectivity index (χ2n) is 6.98. The van der Waals surface area contributed by atoms with Crippen LogP contribution in [0.2, 0.25) is 0 Å². The maximum Gasteiger partial charge on any atom is -0.0251 e. The summed E-state index contributed by atoms with van der Waals surface area (Å²) in [6.07, 6.45) is 3.87. The van der Waals surface area contributed by atoms with Gasteiger partial charge < -0.3 is 0 Å². The SMILES string of the molecule is CC.CC.CC.CC1(C)CC(C)(C)C1(C)C.CCC.CCC. The molecule has 22 heavy (non-hydrogen) atoms. The summed E-state index contributed by atoms with van der Waals surface area (Å²) in [6.45, 7) is 34.8. The smallest absolute Gasteiger partial charge is 0.0251 e. The van der Waals surface area contributed by atoms with Crippen molar-refractivity contribution in [1.82, 2.24) is 0 Å². The van der Waals surface area contributed by atoms with Crippen LogP contribution in [0.3, 0.4) is 0 Å². The summed E-state index contributed by atoms with van der Waals surface area (Å²) in [5.74, 6) is 0. The average molecular weight is 319 g/mol. The molecule has 0 atom stereocenters. The van der Waals surface area contributed by atoms with Crippen molar-refractivity contribution in [3.63, 3.8) is 0 Å². The largest absolute Gasteiger partial charge is 0.0683 e. The van der Waals surface area contributed by atoms with Gasteiger partial charge in [-0.15, -0.1) is 0 Å². The molecule has 0 aromatic carbocycles. The molecule has 0 saturated heterocycles. The molecule has 1 aliphatic carbocycles. The molecule has 0 unspecified atom stereocenters. The molecule has 142 valence electrons. The first kappa shape index (κ1) is 33.6. The van der Waals surface area contributed by atoms with E-state index in [1.807, 2.05) is 41.5 Å². The summed E-state index contributed by atoms with van der Waals surface area (Å²) in [6, 6.07) is 0. The highest BCUT2D eigenvalue weighted by Gasteiger charge is 2.58. The van der Waals surface area contributed by atoms with Gasteiger partial charge in [0.1, 0.15) is 0 Å². The lowest BCUT2D eigenvalue weighted by atomic mass is 9.40. The van der Waals surface area contributed by atoms with Gasteiger partial charge in [-0.05, 0) is 22.7 Å². The maximum atomic E-state index is 2.39. The van der Waals surface area contributed by atoms with Gasteiger partial charge in [-0.25, -0.2) is 0 Å². The predicted octanol–water partition coefficient (Wildman–Crippen LogP) is 9.38. The van der Waals surface area contributed by atoms with Crippen molar-refractivity contribution in [2.24, 2.45) is 16.2 Å². The van der Waals surface area contributed by atoms with Crippen LogP contribution in [-0.4, -0.2) is 0 Å². The van der Waals surface area contributed by atoms with Crippen molar-refractivity contribution in [1.29, 1.82) is 0 Å². The summed E-state index contributed by atoms with van der Waals surface area (Å²) >= 11 is 0. The van der Waals surface area contributed by atoms with Gasteiger partial charge >= 0.3 is 0 Å². The standard InChI is InChI=1S/C10H20.2C3H8.3C2H6/c1-8(2)7-9(3,4)10(8,5)6;2*1-3-2;3*1-2/h7H2,1-6H3;2*3H2,1-2H3;3*1-2H3. The van der Waals surface area contributed by atoms with Gasteiger partial charge in [0.15, 0.2) is 0 Å². The molecule has 0 heterocycles. The topological polar surface area (TPSA) is 0 Å². The second kappa shape index (κ2) is 19.0. The lowest BCUT2D eigenvalue weighted by Gasteiger charge is -2.65. The third-order valence-electron chi connectivity index (χ3n) is 4.27. The molecule has 0 aromatic rings. The molecule has 0 aliphatic heterocycles. The number of rotatable bonds is 0. The van der Waals surface area contributed by atoms with Crippen LogP contribution < -0.4 is 0 Å². The quantitative estimate of drug-likeness (QED) is 0.417. The highest BCUT2D eigenvalue weighted by atomic mass is 14.6.